The summed E-state index contributed by atoms with van der Waals surface area (Å²) < 4.78 is 25.5. The van der Waals surface area contributed by atoms with E-state index in [4.69, 9.17) is 0 Å². The first-order chi connectivity index (χ1) is 12.8. The number of aryl methyl sites for hydroxylation is 1. The highest BCUT2D eigenvalue weighted by Crippen LogP contribution is 2.09. The van der Waals surface area contributed by atoms with E-state index in [2.05, 4.69) is 51.1 Å². The summed E-state index contributed by atoms with van der Waals surface area (Å²) in [5, 5.41) is 3.34. The van der Waals surface area contributed by atoms with Crippen molar-refractivity contribution in [1.29, 1.82) is 0 Å². The molecule has 0 saturated heterocycles. The van der Waals surface area contributed by atoms with Gasteiger partial charge in [0, 0.05) is 27.2 Å². The van der Waals surface area contributed by atoms with E-state index in [1.165, 1.54) is 18.2 Å². The van der Waals surface area contributed by atoms with Gasteiger partial charge in [0.2, 0.25) is 10.0 Å². The highest BCUT2D eigenvalue weighted by molar-refractivity contribution is 14.0. The summed E-state index contributed by atoms with van der Waals surface area (Å²) in [4.78, 5) is 6.41. The Labute approximate surface area is 185 Å². The molecule has 0 amide bonds. The normalized spacial score (nSPS) is 11.6. The third-order valence-corrected chi connectivity index (χ3v) is 5.59. The van der Waals surface area contributed by atoms with Gasteiger partial charge in [0.15, 0.2) is 5.96 Å². The molecule has 0 unspecified atom stereocenters. The molecule has 0 atom stereocenters. The smallest absolute Gasteiger partial charge is 0.215 e. The van der Waals surface area contributed by atoms with Gasteiger partial charge in [0.25, 0.3) is 0 Å². The van der Waals surface area contributed by atoms with Crippen molar-refractivity contribution in [2.24, 2.45) is 4.99 Å². The molecule has 6 nitrogen and oxygen atoms in total. The molecule has 0 radical (unpaired) electrons. The van der Waals surface area contributed by atoms with Crippen molar-refractivity contribution in [2.75, 3.05) is 21.1 Å². The zero-order valence-electron chi connectivity index (χ0n) is 16.8. The van der Waals surface area contributed by atoms with Crippen LogP contribution in [0.25, 0.3) is 0 Å². The lowest BCUT2D eigenvalue weighted by molar-refractivity contribution is 0.476. The maximum absolute atomic E-state index is 11.6. The van der Waals surface area contributed by atoms with Gasteiger partial charge >= 0.3 is 0 Å². The molecule has 0 heterocycles. The van der Waals surface area contributed by atoms with Gasteiger partial charge in [-0.25, -0.2) is 13.1 Å². The number of rotatable bonds is 7. The minimum Gasteiger partial charge on any atom is -0.352 e. The van der Waals surface area contributed by atoms with Gasteiger partial charge in [-0.15, -0.1) is 24.0 Å². The summed E-state index contributed by atoms with van der Waals surface area (Å²) in [7, 11) is 1.94. The minimum atomic E-state index is -3.25. The summed E-state index contributed by atoms with van der Waals surface area (Å²) in [6.45, 7) is 3.46. The van der Waals surface area contributed by atoms with Gasteiger partial charge in [-0.1, -0.05) is 54.1 Å². The Morgan fingerprint density at radius 3 is 2.07 bits per heavy atom. The number of benzene rings is 2. The first kappa shape index (κ1) is 24.4. The molecule has 0 bridgehead atoms. The van der Waals surface area contributed by atoms with E-state index in [-0.39, 0.29) is 29.7 Å². The van der Waals surface area contributed by atoms with Crippen molar-refractivity contribution in [2.45, 2.75) is 25.8 Å². The van der Waals surface area contributed by atoms with Crippen LogP contribution in [0.2, 0.25) is 0 Å². The largest absolute Gasteiger partial charge is 0.352 e. The lowest BCUT2D eigenvalue weighted by Gasteiger charge is -2.22. The maximum atomic E-state index is 11.6. The standard InChI is InChI=1S/C20H28N4O2S.HI/c1-16-5-7-18(8-6-16)14-24(4)20(21-2)23-13-17-9-11-19(12-10-17)15-27(25,26)22-3;/h5-12,22H,13-15H2,1-4H3,(H,21,23);1H. The van der Waals surface area contributed by atoms with Crippen molar-refractivity contribution < 1.29 is 8.42 Å². The van der Waals surface area contributed by atoms with Crippen LogP contribution in [0.4, 0.5) is 0 Å². The van der Waals surface area contributed by atoms with E-state index in [1.807, 2.05) is 31.3 Å². The predicted molar refractivity (Wildman–Crippen MR) is 126 cm³/mol. The van der Waals surface area contributed by atoms with Crippen LogP contribution in [-0.4, -0.2) is 40.4 Å². The van der Waals surface area contributed by atoms with Gasteiger partial charge in [0.05, 0.1) is 5.75 Å². The SMILES string of the molecule is CN=C(NCc1ccc(CS(=O)(=O)NC)cc1)N(C)Cc1ccc(C)cc1.I. The summed E-state index contributed by atoms with van der Waals surface area (Å²) >= 11 is 0. The second-order valence-corrected chi connectivity index (χ2v) is 8.45. The molecule has 0 aliphatic carbocycles. The number of halogens is 1. The van der Waals surface area contributed by atoms with Crippen LogP contribution >= 0.6 is 24.0 Å². The first-order valence-electron chi connectivity index (χ1n) is 8.79. The highest BCUT2D eigenvalue weighted by Gasteiger charge is 2.09. The fourth-order valence-corrected chi connectivity index (χ4v) is 3.43. The highest BCUT2D eigenvalue weighted by atomic mass is 127. The van der Waals surface area contributed by atoms with E-state index in [0.717, 1.165) is 23.6 Å². The molecule has 0 aliphatic rings. The van der Waals surface area contributed by atoms with Crippen molar-refractivity contribution >= 4 is 40.0 Å². The van der Waals surface area contributed by atoms with E-state index in [0.29, 0.717) is 6.54 Å². The molecule has 0 aromatic heterocycles. The lowest BCUT2D eigenvalue weighted by Crippen LogP contribution is -2.38. The Bertz CT molecular complexity index is 866. The number of nitrogens with zero attached hydrogens (tertiary/aromatic N) is 2. The van der Waals surface area contributed by atoms with Gasteiger partial charge in [-0.05, 0) is 30.7 Å². The van der Waals surface area contributed by atoms with Crippen LogP contribution in [0.5, 0.6) is 0 Å². The topological polar surface area (TPSA) is 73.8 Å². The van der Waals surface area contributed by atoms with Crippen LogP contribution in [0.1, 0.15) is 22.3 Å². The van der Waals surface area contributed by atoms with Crippen LogP contribution in [0.15, 0.2) is 53.5 Å². The van der Waals surface area contributed by atoms with Crippen LogP contribution in [-0.2, 0) is 28.9 Å². The Hall–Kier alpha value is -1.65. The van der Waals surface area contributed by atoms with E-state index in [1.54, 1.807) is 7.05 Å². The first-order valence-corrected chi connectivity index (χ1v) is 10.4. The molecule has 0 aliphatic heterocycles. The van der Waals surface area contributed by atoms with Crippen LogP contribution in [0.3, 0.4) is 0 Å². The number of aliphatic imine (C=N–C) groups is 1. The average molecular weight is 516 g/mol. The molecule has 2 aromatic rings. The number of nitrogens with one attached hydrogen (secondary N) is 2. The molecular weight excluding hydrogens is 487 g/mol. The monoisotopic (exact) mass is 516 g/mol. The van der Waals surface area contributed by atoms with Crippen LogP contribution in [0, 0.1) is 6.92 Å². The number of hydrogen-bond donors (Lipinski definition) is 2. The molecule has 2 rings (SSSR count). The Morgan fingerprint density at radius 2 is 1.54 bits per heavy atom. The lowest BCUT2D eigenvalue weighted by atomic mass is 10.1. The van der Waals surface area contributed by atoms with Crippen molar-refractivity contribution in [3.05, 3.63) is 70.8 Å². The Balaban J connectivity index is 0.00000392. The third-order valence-electron chi connectivity index (χ3n) is 4.26. The zero-order valence-corrected chi connectivity index (χ0v) is 19.9. The Kier molecular flexibility index (Phi) is 9.91. The molecule has 2 N–H and O–H groups in total. The fraction of sp³-hybridized carbons (Fsp3) is 0.350. The van der Waals surface area contributed by atoms with Crippen LogP contribution < -0.4 is 10.0 Å². The van der Waals surface area contributed by atoms with Crippen molar-refractivity contribution in [3.8, 4) is 0 Å². The predicted octanol–water partition coefficient (Wildman–Crippen LogP) is 2.87. The fourth-order valence-electron chi connectivity index (χ4n) is 2.65. The molecule has 2 aromatic carbocycles. The van der Waals surface area contributed by atoms with E-state index < -0.39 is 10.0 Å². The summed E-state index contributed by atoms with van der Waals surface area (Å²) in [5.74, 6) is 0.787. The summed E-state index contributed by atoms with van der Waals surface area (Å²) in [5.41, 5.74) is 4.29. The molecule has 154 valence electrons. The summed E-state index contributed by atoms with van der Waals surface area (Å²) in [6.07, 6.45) is 0. The number of sulfonamides is 1. The molecule has 0 spiro atoms. The third kappa shape index (κ3) is 7.76. The quantitative estimate of drug-likeness (QED) is 0.337. The second-order valence-electron chi connectivity index (χ2n) is 6.52. The number of guanidine groups is 1. The molecular formula is C20H29IN4O2S. The van der Waals surface area contributed by atoms with E-state index in [9.17, 15) is 8.42 Å². The number of hydrogen-bond acceptors (Lipinski definition) is 3. The molecule has 8 heteroatoms. The average Bonchev–Trinajstić information content (AvgIpc) is 2.65. The van der Waals surface area contributed by atoms with Gasteiger partial charge in [-0.2, -0.15) is 0 Å². The van der Waals surface area contributed by atoms with Gasteiger partial charge in [-0.3, -0.25) is 4.99 Å². The summed E-state index contributed by atoms with van der Waals surface area (Å²) in [6, 6.07) is 16.0. The molecule has 0 saturated carbocycles. The second kappa shape index (κ2) is 11.4. The van der Waals surface area contributed by atoms with Crippen molar-refractivity contribution in [3.63, 3.8) is 0 Å². The van der Waals surface area contributed by atoms with E-state index >= 15 is 0 Å². The molecule has 0 fully saturated rings. The molecule has 28 heavy (non-hydrogen) atoms. The maximum Gasteiger partial charge on any atom is 0.215 e. The van der Waals surface area contributed by atoms with Gasteiger partial charge in [0.1, 0.15) is 0 Å². The Morgan fingerprint density at radius 1 is 1.00 bits per heavy atom. The van der Waals surface area contributed by atoms with Crippen molar-refractivity contribution in [1.82, 2.24) is 14.9 Å². The zero-order chi connectivity index (χ0) is 19.9. The minimum absolute atomic E-state index is 0. The van der Waals surface area contributed by atoms with Gasteiger partial charge < -0.3 is 10.2 Å².